The Hall–Kier alpha value is -1.06. The summed E-state index contributed by atoms with van der Waals surface area (Å²) in [5.74, 6) is 0.698. The van der Waals surface area contributed by atoms with Gasteiger partial charge >= 0.3 is 0 Å². The molecule has 3 nitrogen and oxygen atoms in total. The average Bonchev–Trinajstić information content (AvgIpc) is 3.07. The van der Waals surface area contributed by atoms with Gasteiger partial charge in [0, 0.05) is 16.5 Å². The minimum absolute atomic E-state index is 0.0331. The molecule has 1 aromatic carbocycles. The van der Waals surface area contributed by atoms with Crippen molar-refractivity contribution in [3.8, 4) is 0 Å². The quantitative estimate of drug-likeness (QED) is 0.654. The summed E-state index contributed by atoms with van der Waals surface area (Å²) in [7, 11) is 0. The predicted molar refractivity (Wildman–Crippen MR) is 85.8 cm³/mol. The van der Waals surface area contributed by atoms with Gasteiger partial charge in [0.2, 0.25) is 5.91 Å². The van der Waals surface area contributed by atoms with Gasteiger partial charge in [0.05, 0.1) is 11.2 Å². The molecule has 0 bridgehead atoms. The third-order valence-corrected chi connectivity index (χ3v) is 5.52. The molecule has 112 valence electrons. The molecular weight excluding hydrogens is 307 g/mol. The van der Waals surface area contributed by atoms with E-state index >= 15 is 0 Å². The summed E-state index contributed by atoms with van der Waals surface area (Å²) in [6, 6.07) is 5.18. The topological polar surface area (TPSA) is 41.5 Å². The molecule has 0 spiro atoms. The number of rotatable bonds is 3. The second-order valence-electron chi connectivity index (χ2n) is 6.24. The van der Waals surface area contributed by atoms with Crippen LogP contribution in [0.1, 0.15) is 38.2 Å². The molecule has 2 saturated carbocycles. The maximum atomic E-state index is 12.2. The lowest BCUT2D eigenvalue weighted by atomic mass is 9.90. The third-order valence-electron chi connectivity index (χ3n) is 4.95. The molecule has 1 amide bonds. The molecule has 5 heteroatoms. The number of hydrogen-bond donors (Lipinski definition) is 1. The van der Waals surface area contributed by atoms with Crippen molar-refractivity contribution in [2.45, 2.75) is 32.6 Å². The lowest BCUT2D eigenvalue weighted by molar-refractivity contribution is -0.123. The fourth-order valence-corrected chi connectivity index (χ4v) is 4.15. The van der Waals surface area contributed by atoms with Crippen molar-refractivity contribution in [1.29, 1.82) is 0 Å². The number of carbonyl (C=O) groups is 1. The van der Waals surface area contributed by atoms with Crippen molar-refractivity contribution < 1.29 is 4.79 Å². The molecule has 1 aromatic rings. The maximum Gasteiger partial charge on any atom is 0.244 e. The molecule has 0 aliphatic heterocycles. The van der Waals surface area contributed by atoms with Crippen molar-refractivity contribution >= 4 is 35.3 Å². The monoisotopic (exact) mass is 324 g/mol. The van der Waals surface area contributed by atoms with Gasteiger partial charge < -0.3 is 0 Å². The number of fused-ring (bicyclic) bond motifs is 1. The van der Waals surface area contributed by atoms with Crippen molar-refractivity contribution in [1.82, 2.24) is 5.43 Å². The van der Waals surface area contributed by atoms with E-state index in [1.807, 2.05) is 0 Å². The maximum absolute atomic E-state index is 12.2. The molecule has 0 heterocycles. The summed E-state index contributed by atoms with van der Waals surface area (Å²) < 4.78 is 0. The van der Waals surface area contributed by atoms with E-state index in [1.165, 1.54) is 19.3 Å². The highest BCUT2D eigenvalue weighted by Gasteiger charge is 2.64. The van der Waals surface area contributed by atoms with E-state index in [9.17, 15) is 4.79 Å². The smallest absolute Gasteiger partial charge is 0.244 e. The first-order chi connectivity index (χ1) is 10.0. The Morgan fingerprint density at radius 3 is 2.90 bits per heavy atom. The molecular formula is C16H18Cl2N2O. The van der Waals surface area contributed by atoms with Crippen LogP contribution in [0.4, 0.5) is 0 Å². The van der Waals surface area contributed by atoms with Crippen LogP contribution in [0.3, 0.4) is 0 Å². The summed E-state index contributed by atoms with van der Waals surface area (Å²) in [6.45, 7) is 2.22. The summed E-state index contributed by atoms with van der Waals surface area (Å²) in [4.78, 5) is 12.2. The zero-order chi connectivity index (χ0) is 15.0. The highest BCUT2D eigenvalue weighted by molar-refractivity contribution is 6.36. The van der Waals surface area contributed by atoms with Crippen LogP contribution in [0.25, 0.3) is 0 Å². The first-order valence-electron chi connectivity index (χ1n) is 7.30. The molecule has 0 aromatic heterocycles. The predicted octanol–water partition coefficient (Wildman–Crippen LogP) is 4.27. The van der Waals surface area contributed by atoms with Gasteiger partial charge in [-0.1, -0.05) is 49.0 Å². The van der Waals surface area contributed by atoms with E-state index < -0.39 is 0 Å². The van der Waals surface area contributed by atoms with Gasteiger partial charge in [-0.05, 0) is 36.3 Å². The van der Waals surface area contributed by atoms with Crippen LogP contribution >= 0.6 is 23.2 Å². The summed E-state index contributed by atoms with van der Waals surface area (Å²) in [5, 5.41) is 5.13. The molecule has 2 fully saturated rings. The number of halogens is 2. The fraction of sp³-hybridized carbons (Fsp3) is 0.500. The van der Waals surface area contributed by atoms with Gasteiger partial charge in [-0.25, -0.2) is 5.43 Å². The first-order valence-corrected chi connectivity index (χ1v) is 8.06. The molecule has 1 N–H and O–H groups in total. The first kappa shape index (κ1) is 14.9. The van der Waals surface area contributed by atoms with Gasteiger partial charge in [0.25, 0.3) is 0 Å². The van der Waals surface area contributed by atoms with Crippen molar-refractivity contribution in [2.24, 2.45) is 22.4 Å². The zero-order valence-electron chi connectivity index (χ0n) is 11.9. The number of hydrogen-bond acceptors (Lipinski definition) is 2. The van der Waals surface area contributed by atoms with Gasteiger partial charge in [0.15, 0.2) is 0 Å². The second kappa shape index (κ2) is 5.62. The van der Waals surface area contributed by atoms with Crippen molar-refractivity contribution in [3.05, 3.63) is 33.8 Å². The Morgan fingerprint density at radius 1 is 1.43 bits per heavy atom. The van der Waals surface area contributed by atoms with Gasteiger partial charge in [-0.2, -0.15) is 5.10 Å². The number of nitrogens with one attached hydrogen (secondary N) is 1. The second-order valence-corrected chi connectivity index (χ2v) is 7.08. The Labute approximate surface area is 134 Å². The molecule has 3 atom stereocenters. The van der Waals surface area contributed by atoms with E-state index in [4.69, 9.17) is 23.2 Å². The molecule has 0 unspecified atom stereocenters. The average molecular weight is 325 g/mol. The van der Waals surface area contributed by atoms with E-state index in [2.05, 4.69) is 17.5 Å². The number of benzene rings is 1. The fourth-order valence-electron chi connectivity index (χ4n) is 3.69. The van der Waals surface area contributed by atoms with Gasteiger partial charge in [-0.3, -0.25) is 4.79 Å². The summed E-state index contributed by atoms with van der Waals surface area (Å²) in [5.41, 5.74) is 3.60. The van der Waals surface area contributed by atoms with E-state index in [0.717, 1.165) is 12.0 Å². The van der Waals surface area contributed by atoms with Crippen LogP contribution < -0.4 is 5.43 Å². The van der Waals surface area contributed by atoms with Crippen LogP contribution in [-0.2, 0) is 4.79 Å². The SMILES string of the molecule is C[C@]12CCCC[C@H]1[C@H]2C(=O)N/N=C\c1ccc(Cl)cc1Cl. The molecule has 0 radical (unpaired) electrons. The van der Waals surface area contributed by atoms with Crippen LogP contribution in [-0.4, -0.2) is 12.1 Å². The largest absolute Gasteiger partial charge is 0.273 e. The van der Waals surface area contributed by atoms with Gasteiger partial charge in [0.1, 0.15) is 0 Å². The van der Waals surface area contributed by atoms with Crippen LogP contribution in [0, 0.1) is 17.3 Å². The zero-order valence-corrected chi connectivity index (χ0v) is 13.4. The Bertz CT molecular complexity index is 602. The van der Waals surface area contributed by atoms with Gasteiger partial charge in [-0.15, -0.1) is 0 Å². The lowest BCUT2D eigenvalue weighted by Crippen LogP contribution is -2.22. The molecule has 2 aliphatic rings. The van der Waals surface area contributed by atoms with E-state index in [-0.39, 0.29) is 17.2 Å². The number of carbonyl (C=O) groups excluding carboxylic acids is 1. The normalized spacial score (nSPS) is 31.0. The highest BCUT2D eigenvalue weighted by Crippen LogP contribution is 2.66. The highest BCUT2D eigenvalue weighted by atomic mass is 35.5. The van der Waals surface area contributed by atoms with Crippen molar-refractivity contribution in [3.63, 3.8) is 0 Å². The van der Waals surface area contributed by atoms with E-state index in [0.29, 0.717) is 16.0 Å². The Kier molecular flexibility index (Phi) is 3.98. The number of nitrogens with zero attached hydrogens (tertiary/aromatic N) is 1. The summed E-state index contributed by atoms with van der Waals surface area (Å²) >= 11 is 11.9. The van der Waals surface area contributed by atoms with E-state index in [1.54, 1.807) is 24.4 Å². The minimum Gasteiger partial charge on any atom is -0.273 e. The number of hydrazone groups is 1. The standard InChI is InChI=1S/C16H18Cl2N2O/c1-16-7-3-2-4-12(16)14(16)15(21)20-19-9-10-5-6-11(17)8-13(10)18/h5-6,8-9,12,14H,2-4,7H2,1H3,(H,20,21)/b19-9-/t12-,14-,16-/m0/s1. The third kappa shape index (κ3) is 2.82. The molecule has 0 saturated heterocycles. The molecule has 2 aliphatic carbocycles. The lowest BCUT2D eigenvalue weighted by Gasteiger charge is -2.15. The number of amides is 1. The summed E-state index contributed by atoms with van der Waals surface area (Å²) in [6.07, 6.45) is 6.36. The van der Waals surface area contributed by atoms with Crippen LogP contribution in [0.2, 0.25) is 10.0 Å². The Balaban J connectivity index is 1.60. The Morgan fingerprint density at radius 2 is 2.24 bits per heavy atom. The molecule has 3 rings (SSSR count). The molecule has 21 heavy (non-hydrogen) atoms. The van der Waals surface area contributed by atoms with Crippen molar-refractivity contribution in [2.75, 3.05) is 0 Å². The van der Waals surface area contributed by atoms with Crippen LogP contribution in [0.5, 0.6) is 0 Å². The minimum atomic E-state index is 0.0331. The van der Waals surface area contributed by atoms with Crippen LogP contribution in [0.15, 0.2) is 23.3 Å².